The second kappa shape index (κ2) is 8.25. The van der Waals surface area contributed by atoms with Crippen LogP contribution in [0, 0.1) is 0 Å². The van der Waals surface area contributed by atoms with E-state index in [1.807, 2.05) is 17.5 Å². The van der Waals surface area contributed by atoms with Crippen molar-refractivity contribution in [1.29, 1.82) is 0 Å². The zero-order valence-corrected chi connectivity index (χ0v) is 14.1. The Balaban J connectivity index is 1.72. The fraction of sp³-hybridized carbons (Fsp3) is 0.438. The highest BCUT2D eigenvalue weighted by atomic mass is 35.5. The Hall–Kier alpha value is -1.26. The van der Waals surface area contributed by atoms with E-state index in [2.05, 4.69) is 29.1 Å². The topological polar surface area (TPSA) is 25.4 Å². The standard InChI is InChI=1S/C16H21ClN2OS/c1-19(14-6-8-15(20-2)9-7-14)10-4-3-5-16-18-13(11-17)12-21-16/h6-9,12H,3-5,10-11H2,1-2H3. The molecular weight excluding hydrogens is 304 g/mol. The quantitative estimate of drug-likeness (QED) is 0.533. The van der Waals surface area contributed by atoms with Crippen LogP contribution in [0.15, 0.2) is 29.6 Å². The Morgan fingerprint density at radius 1 is 1.24 bits per heavy atom. The van der Waals surface area contributed by atoms with Crippen LogP contribution >= 0.6 is 22.9 Å². The minimum atomic E-state index is 0.511. The van der Waals surface area contributed by atoms with Crippen LogP contribution in [0.1, 0.15) is 23.5 Å². The van der Waals surface area contributed by atoms with Crippen LogP contribution in [0.25, 0.3) is 0 Å². The first kappa shape index (κ1) is 16.1. The van der Waals surface area contributed by atoms with Gasteiger partial charge in [0.1, 0.15) is 5.75 Å². The molecule has 0 N–H and O–H groups in total. The second-order valence-electron chi connectivity index (χ2n) is 4.94. The summed E-state index contributed by atoms with van der Waals surface area (Å²) < 4.78 is 5.17. The van der Waals surface area contributed by atoms with E-state index in [1.54, 1.807) is 18.4 Å². The Morgan fingerprint density at radius 3 is 2.62 bits per heavy atom. The maximum atomic E-state index is 5.76. The molecule has 0 amide bonds. The molecule has 0 spiro atoms. The number of ether oxygens (including phenoxy) is 1. The predicted octanol–water partition coefficient (Wildman–Crippen LogP) is 4.35. The van der Waals surface area contributed by atoms with Crippen molar-refractivity contribution in [3.05, 3.63) is 40.3 Å². The average molecular weight is 325 g/mol. The monoisotopic (exact) mass is 324 g/mol. The highest BCUT2D eigenvalue weighted by Gasteiger charge is 2.03. The summed E-state index contributed by atoms with van der Waals surface area (Å²) in [6.45, 7) is 1.04. The van der Waals surface area contributed by atoms with E-state index < -0.39 is 0 Å². The summed E-state index contributed by atoms with van der Waals surface area (Å²) in [7, 11) is 3.81. The normalized spacial score (nSPS) is 10.6. The first-order valence-electron chi connectivity index (χ1n) is 7.07. The van der Waals surface area contributed by atoms with Crippen molar-refractivity contribution in [3.8, 4) is 5.75 Å². The number of anilines is 1. The largest absolute Gasteiger partial charge is 0.497 e. The van der Waals surface area contributed by atoms with Gasteiger partial charge in [-0.25, -0.2) is 4.98 Å². The lowest BCUT2D eigenvalue weighted by molar-refractivity contribution is 0.415. The van der Waals surface area contributed by atoms with Crippen LogP contribution < -0.4 is 9.64 Å². The van der Waals surface area contributed by atoms with Gasteiger partial charge in [0.15, 0.2) is 0 Å². The molecule has 5 heteroatoms. The van der Waals surface area contributed by atoms with Crippen LogP contribution in [0.5, 0.6) is 5.75 Å². The van der Waals surface area contributed by atoms with Crippen LogP contribution in [0.4, 0.5) is 5.69 Å². The van der Waals surface area contributed by atoms with Crippen molar-refractivity contribution < 1.29 is 4.74 Å². The van der Waals surface area contributed by atoms with E-state index >= 15 is 0 Å². The summed E-state index contributed by atoms with van der Waals surface area (Å²) in [5, 5.41) is 3.24. The molecule has 2 aromatic rings. The highest BCUT2D eigenvalue weighted by molar-refractivity contribution is 7.09. The maximum Gasteiger partial charge on any atom is 0.119 e. The zero-order valence-electron chi connectivity index (χ0n) is 12.5. The van der Waals surface area contributed by atoms with E-state index in [1.165, 1.54) is 10.7 Å². The lowest BCUT2D eigenvalue weighted by Gasteiger charge is -2.19. The molecule has 1 aromatic carbocycles. The first-order chi connectivity index (χ1) is 10.2. The van der Waals surface area contributed by atoms with Gasteiger partial charge in [-0.2, -0.15) is 0 Å². The van der Waals surface area contributed by atoms with Gasteiger partial charge in [0, 0.05) is 24.7 Å². The molecule has 0 saturated carbocycles. The second-order valence-corrected chi connectivity index (χ2v) is 6.15. The van der Waals surface area contributed by atoms with Crippen molar-refractivity contribution in [2.45, 2.75) is 25.1 Å². The summed E-state index contributed by atoms with van der Waals surface area (Å²) in [4.78, 5) is 6.75. The number of halogens is 1. The van der Waals surface area contributed by atoms with Crippen LogP contribution in [0.3, 0.4) is 0 Å². The van der Waals surface area contributed by atoms with Crippen molar-refractivity contribution in [3.63, 3.8) is 0 Å². The predicted molar refractivity (Wildman–Crippen MR) is 90.9 cm³/mol. The maximum absolute atomic E-state index is 5.76. The van der Waals surface area contributed by atoms with Gasteiger partial charge in [-0.15, -0.1) is 22.9 Å². The number of benzene rings is 1. The average Bonchev–Trinajstić information content (AvgIpc) is 2.99. The molecule has 1 heterocycles. The number of thiazole rings is 1. The molecule has 0 fully saturated rings. The number of unbranched alkanes of at least 4 members (excludes halogenated alkanes) is 1. The Labute approximate surface area is 135 Å². The summed E-state index contributed by atoms with van der Waals surface area (Å²) in [6.07, 6.45) is 3.34. The number of alkyl halides is 1. The van der Waals surface area contributed by atoms with Gasteiger partial charge < -0.3 is 9.64 Å². The SMILES string of the molecule is COc1ccc(N(C)CCCCc2nc(CCl)cs2)cc1. The van der Waals surface area contributed by atoms with E-state index in [4.69, 9.17) is 16.3 Å². The van der Waals surface area contributed by atoms with Crippen LogP contribution in [0.2, 0.25) is 0 Å². The molecule has 3 nitrogen and oxygen atoms in total. The molecule has 114 valence electrons. The van der Waals surface area contributed by atoms with E-state index in [0.29, 0.717) is 5.88 Å². The summed E-state index contributed by atoms with van der Waals surface area (Å²) in [6, 6.07) is 8.17. The number of methoxy groups -OCH3 is 1. The number of nitrogens with zero attached hydrogens (tertiary/aromatic N) is 2. The van der Waals surface area contributed by atoms with Crippen molar-refractivity contribution in [1.82, 2.24) is 4.98 Å². The minimum absolute atomic E-state index is 0.511. The molecule has 0 aliphatic heterocycles. The fourth-order valence-electron chi connectivity index (χ4n) is 2.12. The van der Waals surface area contributed by atoms with Crippen LogP contribution in [-0.4, -0.2) is 25.7 Å². The highest BCUT2D eigenvalue weighted by Crippen LogP contribution is 2.19. The van der Waals surface area contributed by atoms with Gasteiger partial charge in [-0.05, 0) is 43.5 Å². The fourth-order valence-corrected chi connectivity index (χ4v) is 3.18. The lowest BCUT2D eigenvalue weighted by Crippen LogP contribution is -2.18. The number of rotatable bonds is 8. The van der Waals surface area contributed by atoms with E-state index in [-0.39, 0.29) is 0 Å². The van der Waals surface area contributed by atoms with Gasteiger partial charge in [-0.1, -0.05) is 0 Å². The van der Waals surface area contributed by atoms with Crippen LogP contribution in [-0.2, 0) is 12.3 Å². The van der Waals surface area contributed by atoms with E-state index in [9.17, 15) is 0 Å². The molecule has 0 unspecified atom stereocenters. The number of aryl methyl sites for hydroxylation is 1. The van der Waals surface area contributed by atoms with Gasteiger partial charge in [0.05, 0.1) is 23.7 Å². The van der Waals surface area contributed by atoms with Crippen molar-refractivity contribution in [2.75, 3.05) is 25.6 Å². The summed E-state index contributed by atoms with van der Waals surface area (Å²) in [5.41, 5.74) is 2.21. The molecule has 0 radical (unpaired) electrons. The third-order valence-corrected chi connectivity index (χ3v) is 4.61. The molecular formula is C16H21ClN2OS. The molecule has 2 rings (SSSR count). The minimum Gasteiger partial charge on any atom is -0.497 e. The summed E-state index contributed by atoms with van der Waals surface area (Å²) >= 11 is 7.47. The Morgan fingerprint density at radius 2 is 2.00 bits per heavy atom. The van der Waals surface area contributed by atoms with Gasteiger partial charge in [-0.3, -0.25) is 0 Å². The smallest absolute Gasteiger partial charge is 0.119 e. The molecule has 0 bridgehead atoms. The zero-order chi connectivity index (χ0) is 15.1. The third-order valence-electron chi connectivity index (χ3n) is 3.38. The van der Waals surface area contributed by atoms with Gasteiger partial charge >= 0.3 is 0 Å². The Bertz CT molecular complexity index is 541. The Kier molecular flexibility index (Phi) is 6.33. The molecule has 0 atom stereocenters. The number of hydrogen-bond donors (Lipinski definition) is 0. The molecule has 21 heavy (non-hydrogen) atoms. The molecule has 0 saturated heterocycles. The number of hydrogen-bond acceptors (Lipinski definition) is 4. The van der Waals surface area contributed by atoms with Gasteiger partial charge in [0.25, 0.3) is 0 Å². The van der Waals surface area contributed by atoms with Crippen molar-refractivity contribution in [2.24, 2.45) is 0 Å². The summed E-state index contributed by atoms with van der Waals surface area (Å²) in [5.74, 6) is 1.41. The number of aromatic nitrogens is 1. The molecule has 0 aliphatic rings. The lowest BCUT2D eigenvalue weighted by atomic mass is 10.2. The molecule has 0 aliphatic carbocycles. The molecule has 1 aromatic heterocycles. The van der Waals surface area contributed by atoms with Gasteiger partial charge in [0.2, 0.25) is 0 Å². The first-order valence-corrected chi connectivity index (χ1v) is 8.49. The third kappa shape index (κ3) is 4.90. The van der Waals surface area contributed by atoms with E-state index in [0.717, 1.165) is 37.3 Å². The van der Waals surface area contributed by atoms with Crippen molar-refractivity contribution >= 4 is 28.6 Å².